The van der Waals surface area contributed by atoms with Gasteiger partial charge in [0.15, 0.2) is 0 Å². The molecule has 0 saturated heterocycles. The van der Waals surface area contributed by atoms with Crippen LogP contribution in [0, 0.1) is 12.8 Å². The Labute approximate surface area is 117 Å². The quantitative estimate of drug-likeness (QED) is 0.848. The van der Waals surface area contributed by atoms with Crippen LogP contribution in [-0.4, -0.2) is 19.6 Å². The van der Waals surface area contributed by atoms with Crippen LogP contribution in [0.15, 0.2) is 22.7 Å². The van der Waals surface area contributed by atoms with Gasteiger partial charge in [0.1, 0.15) is 6.04 Å². The van der Waals surface area contributed by atoms with E-state index < -0.39 is 6.04 Å². The normalized spacial score (nSPS) is 12.6. The smallest absolute Gasteiger partial charge is 0.327 e. The Bertz CT molecular complexity index is 418. The van der Waals surface area contributed by atoms with Crippen LogP contribution in [0.25, 0.3) is 0 Å². The van der Waals surface area contributed by atoms with E-state index in [1.54, 1.807) is 0 Å². The maximum atomic E-state index is 11.8. The summed E-state index contributed by atoms with van der Waals surface area (Å²) in [5.74, 6) is 0.228. The van der Waals surface area contributed by atoms with E-state index in [-0.39, 0.29) is 5.97 Å². The third-order valence-electron chi connectivity index (χ3n) is 2.68. The molecule has 0 bridgehead atoms. The van der Waals surface area contributed by atoms with Gasteiger partial charge in [-0.3, -0.25) is 0 Å². The summed E-state index contributed by atoms with van der Waals surface area (Å²) in [4.78, 5) is 11.8. The van der Waals surface area contributed by atoms with E-state index in [9.17, 15) is 4.79 Å². The minimum Gasteiger partial charge on any atom is -0.468 e. The van der Waals surface area contributed by atoms with Crippen molar-refractivity contribution in [3.8, 4) is 0 Å². The molecule has 4 heteroatoms. The monoisotopic (exact) mass is 313 g/mol. The first-order valence-corrected chi connectivity index (χ1v) is 6.82. The van der Waals surface area contributed by atoms with Crippen molar-refractivity contribution in [3.05, 3.63) is 33.8 Å². The Morgan fingerprint density at radius 1 is 1.44 bits per heavy atom. The summed E-state index contributed by atoms with van der Waals surface area (Å²) in [7, 11) is 1.41. The molecule has 0 aromatic heterocycles. The molecule has 0 heterocycles. The van der Waals surface area contributed by atoms with E-state index in [0.29, 0.717) is 5.92 Å². The van der Waals surface area contributed by atoms with Gasteiger partial charge in [-0.1, -0.05) is 41.9 Å². The molecule has 0 aliphatic rings. The Balaban J connectivity index is 2.94. The molecule has 0 saturated carbocycles. The number of carbonyl (C=O) groups is 1. The number of hydrogen-bond acceptors (Lipinski definition) is 3. The van der Waals surface area contributed by atoms with E-state index in [1.165, 1.54) is 7.11 Å². The van der Waals surface area contributed by atoms with E-state index in [1.807, 2.05) is 25.1 Å². The number of benzene rings is 1. The first kappa shape index (κ1) is 15.2. The molecular formula is C14H20BrNO2. The number of methoxy groups -OCH3 is 1. The third-order valence-corrected chi connectivity index (χ3v) is 3.57. The lowest BCUT2D eigenvalue weighted by molar-refractivity contribution is -0.143. The molecule has 100 valence electrons. The van der Waals surface area contributed by atoms with Crippen molar-refractivity contribution in [3.63, 3.8) is 0 Å². The van der Waals surface area contributed by atoms with Gasteiger partial charge < -0.3 is 10.1 Å². The van der Waals surface area contributed by atoms with E-state index >= 15 is 0 Å². The van der Waals surface area contributed by atoms with Crippen molar-refractivity contribution in [1.82, 2.24) is 5.32 Å². The lowest BCUT2D eigenvalue weighted by Crippen LogP contribution is -2.32. The molecule has 1 unspecified atom stereocenters. The van der Waals surface area contributed by atoms with Crippen LogP contribution < -0.4 is 5.32 Å². The van der Waals surface area contributed by atoms with E-state index in [2.05, 4.69) is 35.1 Å². The van der Waals surface area contributed by atoms with Gasteiger partial charge in [0.05, 0.1) is 7.11 Å². The zero-order valence-electron chi connectivity index (χ0n) is 11.3. The molecule has 1 atom stereocenters. The van der Waals surface area contributed by atoms with Crippen LogP contribution in [0.2, 0.25) is 0 Å². The molecule has 1 N–H and O–H groups in total. The van der Waals surface area contributed by atoms with Crippen molar-refractivity contribution in [2.75, 3.05) is 13.7 Å². The third kappa shape index (κ3) is 4.10. The van der Waals surface area contributed by atoms with Crippen LogP contribution in [0.1, 0.15) is 31.0 Å². The predicted molar refractivity (Wildman–Crippen MR) is 76.5 cm³/mol. The molecule has 1 aromatic rings. The molecule has 0 aliphatic heterocycles. The zero-order chi connectivity index (χ0) is 13.7. The number of esters is 1. The number of halogens is 1. The average molecular weight is 314 g/mol. The van der Waals surface area contributed by atoms with Crippen LogP contribution in [-0.2, 0) is 9.53 Å². The minimum atomic E-state index is -0.399. The number of carbonyl (C=O) groups excluding carboxylic acids is 1. The maximum Gasteiger partial charge on any atom is 0.327 e. The van der Waals surface area contributed by atoms with Gasteiger partial charge in [0, 0.05) is 4.47 Å². The fourth-order valence-electron chi connectivity index (χ4n) is 1.66. The molecule has 0 radical (unpaired) electrons. The van der Waals surface area contributed by atoms with Crippen molar-refractivity contribution in [2.45, 2.75) is 26.8 Å². The molecule has 0 amide bonds. The Morgan fingerprint density at radius 3 is 2.61 bits per heavy atom. The second-order valence-corrected chi connectivity index (χ2v) is 5.62. The van der Waals surface area contributed by atoms with Gasteiger partial charge in [-0.15, -0.1) is 0 Å². The summed E-state index contributed by atoms with van der Waals surface area (Å²) in [6.07, 6.45) is 0. The van der Waals surface area contributed by atoms with Gasteiger partial charge in [-0.05, 0) is 36.6 Å². The summed E-state index contributed by atoms with van der Waals surface area (Å²) in [5.41, 5.74) is 2.04. The fraction of sp³-hybridized carbons (Fsp3) is 0.500. The molecule has 3 nitrogen and oxygen atoms in total. The van der Waals surface area contributed by atoms with Gasteiger partial charge in [0.25, 0.3) is 0 Å². The molecule has 1 aromatic carbocycles. The Kier molecular flexibility index (Phi) is 5.82. The van der Waals surface area contributed by atoms with Gasteiger partial charge in [-0.2, -0.15) is 0 Å². The van der Waals surface area contributed by atoms with Gasteiger partial charge in [0.2, 0.25) is 0 Å². The molecule has 0 spiro atoms. The highest BCUT2D eigenvalue weighted by molar-refractivity contribution is 9.10. The van der Waals surface area contributed by atoms with Crippen molar-refractivity contribution >= 4 is 21.9 Å². The maximum absolute atomic E-state index is 11.8. The predicted octanol–water partition coefficient (Wildman–Crippen LogP) is 3.22. The van der Waals surface area contributed by atoms with E-state index in [0.717, 1.165) is 22.1 Å². The van der Waals surface area contributed by atoms with E-state index in [4.69, 9.17) is 4.74 Å². The minimum absolute atomic E-state index is 0.252. The first-order chi connectivity index (χ1) is 8.45. The topological polar surface area (TPSA) is 38.3 Å². The van der Waals surface area contributed by atoms with Crippen LogP contribution in [0.5, 0.6) is 0 Å². The Hall–Kier alpha value is -0.870. The standard InChI is InChI=1S/C14H20BrNO2/c1-9(2)8-16-13(14(17)18-4)11-5-6-12(15)10(3)7-11/h5-7,9,13,16H,8H2,1-4H3. The number of aryl methyl sites for hydroxylation is 1. The number of ether oxygens (including phenoxy) is 1. The van der Waals surface area contributed by atoms with Crippen molar-refractivity contribution in [2.24, 2.45) is 5.92 Å². The second kappa shape index (κ2) is 6.90. The molecular weight excluding hydrogens is 294 g/mol. The molecule has 1 rings (SSSR count). The van der Waals surface area contributed by atoms with Crippen LogP contribution in [0.4, 0.5) is 0 Å². The highest BCUT2D eigenvalue weighted by atomic mass is 79.9. The first-order valence-electron chi connectivity index (χ1n) is 6.03. The van der Waals surface area contributed by atoms with Gasteiger partial charge in [-0.25, -0.2) is 4.79 Å². The van der Waals surface area contributed by atoms with Gasteiger partial charge >= 0.3 is 5.97 Å². The lowest BCUT2D eigenvalue weighted by atomic mass is 10.0. The summed E-state index contributed by atoms with van der Waals surface area (Å²) in [6.45, 7) is 6.99. The SMILES string of the molecule is COC(=O)C(NCC(C)C)c1ccc(Br)c(C)c1. The van der Waals surface area contributed by atoms with Crippen molar-refractivity contribution < 1.29 is 9.53 Å². The molecule has 0 aliphatic carbocycles. The summed E-state index contributed by atoms with van der Waals surface area (Å²) >= 11 is 3.46. The van der Waals surface area contributed by atoms with Crippen LogP contribution in [0.3, 0.4) is 0 Å². The molecule has 18 heavy (non-hydrogen) atoms. The second-order valence-electron chi connectivity index (χ2n) is 4.77. The summed E-state index contributed by atoms with van der Waals surface area (Å²) in [5, 5.41) is 3.24. The van der Waals surface area contributed by atoms with Crippen molar-refractivity contribution in [1.29, 1.82) is 0 Å². The van der Waals surface area contributed by atoms with Crippen LogP contribution >= 0.6 is 15.9 Å². The summed E-state index contributed by atoms with van der Waals surface area (Å²) < 4.78 is 5.90. The largest absolute Gasteiger partial charge is 0.468 e. The lowest BCUT2D eigenvalue weighted by Gasteiger charge is -2.19. The number of nitrogens with one attached hydrogen (secondary N) is 1. The highest BCUT2D eigenvalue weighted by Crippen LogP contribution is 2.22. The fourth-order valence-corrected chi connectivity index (χ4v) is 1.90. The zero-order valence-corrected chi connectivity index (χ0v) is 12.9. The number of hydrogen-bond donors (Lipinski definition) is 1. The molecule has 0 fully saturated rings. The average Bonchev–Trinajstić information content (AvgIpc) is 2.33. The number of rotatable bonds is 5. The summed E-state index contributed by atoms with van der Waals surface area (Å²) in [6, 6.07) is 5.49. The Morgan fingerprint density at radius 2 is 2.11 bits per heavy atom. The highest BCUT2D eigenvalue weighted by Gasteiger charge is 2.21.